The molecule has 1 aliphatic carbocycles. The lowest BCUT2D eigenvalue weighted by Gasteiger charge is -2.42. The van der Waals surface area contributed by atoms with Crippen molar-refractivity contribution in [2.75, 3.05) is 34.9 Å². The third kappa shape index (κ3) is 5.96. The summed E-state index contributed by atoms with van der Waals surface area (Å²) in [6.45, 7) is 5.57. The quantitative estimate of drug-likeness (QED) is 0.197. The van der Waals surface area contributed by atoms with Crippen LogP contribution in [0, 0.1) is 5.92 Å². The van der Waals surface area contributed by atoms with Crippen molar-refractivity contribution >= 4 is 0 Å². The van der Waals surface area contributed by atoms with E-state index in [-0.39, 0.29) is 23.0 Å². The van der Waals surface area contributed by atoms with Crippen LogP contribution >= 0.6 is 0 Å². The fourth-order valence-electron chi connectivity index (χ4n) is 7.37. The number of fused-ring (bicyclic) bond motifs is 2. The molecular weight excluding hydrogens is 578 g/mol. The van der Waals surface area contributed by atoms with Crippen LogP contribution in [0.5, 0.6) is 40.2 Å². The average Bonchev–Trinajstić information content (AvgIpc) is 3.06. The van der Waals surface area contributed by atoms with E-state index >= 15 is 0 Å². The number of rotatable bonds is 9. The van der Waals surface area contributed by atoms with E-state index in [1.54, 1.807) is 39.5 Å². The van der Waals surface area contributed by atoms with Crippen molar-refractivity contribution in [2.24, 2.45) is 5.92 Å². The fraction of sp³-hybridized carbons (Fsp3) is 0.385. The van der Waals surface area contributed by atoms with Gasteiger partial charge in [0.2, 0.25) is 0 Å². The molecule has 0 fully saturated rings. The smallest absolute Gasteiger partial charge is 0.169 e. The zero-order chi connectivity index (χ0) is 32.6. The van der Waals surface area contributed by atoms with Crippen LogP contribution in [0.25, 0.3) is 0 Å². The van der Waals surface area contributed by atoms with Gasteiger partial charge in [-0.25, -0.2) is 0 Å². The van der Waals surface area contributed by atoms with Gasteiger partial charge in [0.15, 0.2) is 34.5 Å². The minimum absolute atomic E-state index is 0.0764. The van der Waals surface area contributed by atoms with E-state index in [9.17, 15) is 10.2 Å². The number of hydrogen-bond acceptors (Lipinski definition) is 7. The molecule has 6 rings (SSSR count). The number of methoxy groups -OCH3 is 3. The standard InChI is InChI=1S/C39H45NO6/c1-24-7-11-28-20-36(44-5)38(22-31(28)39(24,2)23-25-8-12-29(41)13-9-25)46-34-18-26(10-14-33(34)42)17-32-30-21-37(45-6)35(43-4)19-27(30)15-16-40(32)3/h8-10,12-14,18-22,24,32,41-42H,7,11,15-17,23H2,1-6H3. The molecule has 0 radical (unpaired) electrons. The lowest BCUT2D eigenvalue weighted by Crippen LogP contribution is -2.37. The highest BCUT2D eigenvalue weighted by molar-refractivity contribution is 5.55. The maximum absolute atomic E-state index is 11.0. The van der Waals surface area contributed by atoms with Gasteiger partial charge in [0.1, 0.15) is 5.75 Å². The molecular formula is C39H45NO6. The number of benzene rings is 4. The van der Waals surface area contributed by atoms with Crippen LogP contribution in [0.1, 0.15) is 59.7 Å². The van der Waals surface area contributed by atoms with Crippen LogP contribution in [0.4, 0.5) is 0 Å². The summed E-state index contributed by atoms with van der Waals surface area (Å²) in [4.78, 5) is 2.37. The fourth-order valence-corrected chi connectivity index (χ4v) is 7.37. The molecule has 1 heterocycles. The molecule has 0 spiro atoms. The largest absolute Gasteiger partial charge is 0.508 e. The van der Waals surface area contributed by atoms with Gasteiger partial charge >= 0.3 is 0 Å². The zero-order valence-corrected chi connectivity index (χ0v) is 27.7. The predicted octanol–water partition coefficient (Wildman–Crippen LogP) is 7.77. The lowest BCUT2D eigenvalue weighted by atomic mass is 9.62. The van der Waals surface area contributed by atoms with E-state index in [0.717, 1.165) is 55.7 Å². The van der Waals surface area contributed by atoms with Crippen LogP contribution < -0.4 is 18.9 Å². The van der Waals surface area contributed by atoms with E-state index in [4.69, 9.17) is 18.9 Å². The Morgan fingerprint density at radius 3 is 2.13 bits per heavy atom. The molecule has 2 aliphatic rings. The topological polar surface area (TPSA) is 80.6 Å². The highest BCUT2D eigenvalue weighted by Crippen LogP contribution is 2.49. The summed E-state index contributed by atoms with van der Waals surface area (Å²) in [5.74, 6) is 3.87. The van der Waals surface area contributed by atoms with E-state index in [1.807, 2.05) is 24.3 Å². The van der Waals surface area contributed by atoms with Crippen LogP contribution in [-0.4, -0.2) is 50.0 Å². The predicted molar refractivity (Wildman–Crippen MR) is 180 cm³/mol. The Labute approximate surface area is 272 Å². The van der Waals surface area contributed by atoms with Crippen LogP contribution in [0.2, 0.25) is 0 Å². The maximum atomic E-state index is 11.0. The molecule has 0 aromatic heterocycles. The summed E-state index contributed by atoms with van der Waals surface area (Å²) in [5, 5.41) is 20.8. The van der Waals surface area contributed by atoms with Gasteiger partial charge < -0.3 is 29.2 Å². The number of hydrogen-bond donors (Lipinski definition) is 2. The third-order valence-electron chi connectivity index (χ3n) is 10.4. The van der Waals surface area contributed by atoms with Gasteiger partial charge in [-0.2, -0.15) is 0 Å². The molecule has 2 N–H and O–H groups in total. The average molecular weight is 624 g/mol. The Morgan fingerprint density at radius 2 is 1.41 bits per heavy atom. The molecule has 7 nitrogen and oxygen atoms in total. The van der Waals surface area contributed by atoms with E-state index < -0.39 is 0 Å². The SMILES string of the molecule is COc1cc2c(cc1OC)C(Cc1ccc(O)c(Oc3cc4c(cc3OC)CCC(C)C4(C)Cc3ccc(O)cc3)c1)N(C)CC2. The zero-order valence-electron chi connectivity index (χ0n) is 27.7. The summed E-state index contributed by atoms with van der Waals surface area (Å²) in [7, 11) is 7.14. The molecule has 3 atom stereocenters. The first kappa shape index (κ1) is 31.6. The molecule has 0 amide bonds. The van der Waals surface area contributed by atoms with Gasteiger partial charge in [-0.1, -0.05) is 32.0 Å². The number of aromatic hydroxyl groups is 2. The van der Waals surface area contributed by atoms with E-state index in [0.29, 0.717) is 23.2 Å². The van der Waals surface area contributed by atoms with Crippen molar-refractivity contribution in [3.05, 3.63) is 100 Å². The van der Waals surface area contributed by atoms with Gasteiger partial charge in [-0.05, 0) is 132 Å². The molecule has 46 heavy (non-hydrogen) atoms. The number of phenolic OH excluding ortho intramolecular Hbond substituents is 2. The van der Waals surface area contributed by atoms with Gasteiger partial charge in [0.25, 0.3) is 0 Å². The van der Waals surface area contributed by atoms with Crippen molar-refractivity contribution in [2.45, 2.75) is 57.4 Å². The number of phenols is 2. The second-order valence-electron chi connectivity index (χ2n) is 13.1. The van der Waals surface area contributed by atoms with Crippen molar-refractivity contribution in [1.29, 1.82) is 0 Å². The van der Waals surface area contributed by atoms with Crippen molar-refractivity contribution in [1.82, 2.24) is 4.90 Å². The first-order valence-electron chi connectivity index (χ1n) is 16.1. The van der Waals surface area contributed by atoms with Crippen LogP contribution in [0.15, 0.2) is 66.7 Å². The van der Waals surface area contributed by atoms with Crippen molar-refractivity contribution in [3.8, 4) is 40.2 Å². The number of nitrogens with zero attached hydrogens (tertiary/aromatic N) is 1. The minimum atomic E-state index is -0.151. The molecule has 0 saturated heterocycles. The normalized spacial score (nSPS) is 20.8. The maximum Gasteiger partial charge on any atom is 0.169 e. The first-order valence-corrected chi connectivity index (χ1v) is 16.1. The highest BCUT2D eigenvalue weighted by Gasteiger charge is 2.39. The molecule has 4 aromatic rings. The Kier molecular flexibility index (Phi) is 8.80. The molecule has 242 valence electrons. The summed E-state index contributed by atoms with van der Waals surface area (Å²) in [6, 6.07) is 21.7. The second-order valence-corrected chi connectivity index (χ2v) is 13.1. The van der Waals surface area contributed by atoms with Gasteiger partial charge in [0.05, 0.1) is 21.3 Å². The molecule has 1 aliphatic heterocycles. The minimum Gasteiger partial charge on any atom is -0.508 e. The summed E-state index contributed by atoms with van der Waals surface area (Å²) >= 11 is 0. The Hall–Kier alpha value is -4.36. The molecule has 0 saturated carbocycles. The van der Waals surface area contributed by atoms with Gasteiger partial charge in [0, 0.05) is 12.6 Å². The van der Waals surface area contributed by atoms with E-state index in [1.165, 1.54) is 27.8 Å². The van der Waals surface area contributed by atoms with E-state index in [2.05, 4.69) is 50.1 Å². The van der Waals surface area contributed by atoms with Crippen LogP contribution in [-0.2, 0) is 31.1 Å². The summed E-state index contributed by atoms with van der Waals surface area (Å²) < 4.78 is 23.6. The van der Waals surface area contributed by atoms with Gasteiger partial charge in [-0.15, -0.1) is 0 Å². The number of ether oxygens (including phenoxy) is 4. The number of aryl methyl sites for hydroxylation is 1. The van der Waals surface area contributed by atoms with Crippen molar-refractivity contribution < 1.29 is 29.2 Å². The third-order valence-corrected chi connectivity index (χ3v) is 10.4. The highest BCUT2D eigenvalue weighted by atomic mass is 16.5. The van der Waals surface area contributed by atoms with Crippen LogP contribution in [0.3, 0.4) is 0 Å². The Morgan fingerprint density at radius 1 is 0.761 bits per heavy atom. The molecule has 7 heteroatoms. The summed E-state index contributed by atoms with van der Waals surface area (Å²) in [5.41, 5.74) is 7.05. The second kappa shape index (κ2) is 12.8. The Bertz CT molecular complexity index is 1720. The van der Waals surface area contributed by atoms with Gasteiger partial charge in [-0.3, -0.25) is 4.90 Å². The molecule has 0 bridgehead atoms. The Balaban J connectivity index is 1.32. The number of likely N-dealkylation sites (N-methyl/N-ethyl adjacent to an activating group) is 1. The monoisotopic (exact) mass is 623 g/mol. The molecule has 4 aromatic carbocycles. The summed E-state index contributed by atoms with van der Waals surface area (Å²) in [6.07, 6.45) is 4.55. The molecule has 3 unspecified atom stereocenters. The van der Waals surface area contributed by atoms with Crippen molar-refractivity contribution in [3.63, 3.8) is 0 Å². The first-order chi connectivity index (χ1) is 22.1. The lowest BCUT2D eigenvalue weighted by molar-refractivity contribution is 0.227.